The number of carbonyl (C=O) groups is 2. The lowest BCUT2D eigenvalue weighted by molar-refractivity contribution is -0.137. The van der Waals surface area contributed by atoms with Crippen molar-refractivity contribution in [2.75, 3.05) is 26.7 Å². The van der Waals surface area contributed by atoms with Crippen LogP contribution in [0, 0.1) is 11.8 Å². The maximum absolute atomic E-state index is 13.1. The first kappa shape index (κ1) is 18.7. The Hall–Kier alpha value is -2.05. The van der Waals surface area contributed by atoms with Gasteiger partial charge in [0.05, 0.1) is 11.5 Å². The third-order valence-electron chi connectivity index (χ3n) is 5.37. The number of rotatable bonds is 4. The zero-order valence-corrected chi connectivity index (χ0v) is 14.9. The van der Waals surface area contributed by atoms with Crippen molar-refractivity contribution in [2.24, 2.45) is 11.8 Å². The lowest BCUT2D eigenvalue weighted by Gasteiger charge is -2.23. The number of likely N-dealkylation sites (tertiary alicyclic amines) is 1. The minimum atomic E-state index is -4.43. The molecule has 1 aromatic rings. The highest BCUT2D eigenvalue weighted by atomic mass is 19.4. The second kappa shape index (κ2) is 6.93. The fourth-order valence-corrected chi connectivity index (χ4v) is 3.54. The molecule has 2 atom stereocenters. The van der Waals surface area contributed by atoms with E-state index in [1.807, 2.05) is 6.92 Å². The van der Waals surface area contributed by atoms with E-state index in [4.69, 9.17) is 0 Å². The lowest BCUT2D eigenvalue weighted by Crippen LogP contribution is -2.37. The quantitative estimate of drug-likeness (QED) is 0.819. The highest BCUT2D eigenvalue weighted by Gasteiger charge is 2.45. The van der Waals surface area contributed by atoms with Gasteiger partial charge in [-0.2, -0.15) is 13.2 Å². The molecule has 1 saturated carbocycles. The van der Waals surface area contributed by atoms with Crippen LogP contribution >= 0.6 is 0 Å². The molecule has 0 bridgehead atoms. The van der Waals surface area contributed by atoms with Gasteiger partial charge in [-0.1, -0.05) is 18.2 Å². The zero-order chi connectivity index (χ0) is 19.1. The van der Waals surface area contributed by atoms with Crippen LogP contribution in [0.1, 0.15) is 36.8 Å². The molecule has 1 saturated heterocycles. The lowest BCUT2D eigenvalue weighted by atomic mass is 9.87. The van der Waals surface area contributed by atoms with Gasteiger partial charge in [-0.25, -0.2) is 0 Å². The van der Waals surface area contributed by atoms with Crippen molar-refractivity contribution < 1.29 is 22.8 Å². The van der Waals surface area contributed by atoms with E-state index in [1.54, 1.807) is 22.9 Å². The number of hydrogen-bond donors (Lipinski definition) is 0. The number of carbonyl (C=O) groups excluding carboxylic acids is 2. The van der Waals surface area contributed by atoms with Crippen LogP contribution in [-0.4, -0.2) is 48.3 Å². The summed E-state index contributed by atoms with van der Waals surface area (Å²) in [6, 6.07) is 5.13. The van der Waals surface area contributed by atoms with E-state index < -0.39 is 23.6 Å². The van der Waals surface area contributed by atoms with Crippen molar-refractivity contribution in [3.05, 3.63) is 35.4 Å². The molecule has 142 valence electrons. The molecule has 0 unspecified atom stereocenters. The second-order valence-corrected chi connectivity index (χ2v) is 7.21. The summed E-state index contributed by atoms with van der Waals surface area (Å²) >= 11 is 0. The van der Waals surface area contributed by atoms with E-state index in [0.29, 0.717) is 18.7 Å². The molecule has 4 nitrogen and oxygen atoms in total. The molecule has 3 rings (SSSR count). The molecule has 0 spiro atoms. The molecule has 0 N–H and O–H groups in total. The smallest absolute Gasteiger partial charge is 0.346 e. The van der Waals surface area contributed by atoms with Crippen molar-refractivity contribution in [2.45, 2.75) is 31.9 Å². The Labute approximate surface area is 151 Å². The molecule has 1 heterocycles. The maximum Gasteiger partial charge on any atom is 0.416 e. The van der Waals surface area contributed by atoms with Crippen LogP contribution in [0.5, 0.6) is 0 Å². The van der Waals surface area contributed by atoms with Crippen LogP contribution in [-0.2, 0) is 15.8 Å². The van der Waals surface area contributed by atoms with Crippen molar-refractivity contribution in [3.8, 4) is 0 Å². The Morgan fingerprint density at radius 1 is 1.23 bits per heavy atom. The zero-order valence-electron chi connectivity index (χ0n) is 14.9. The number of hydrogen-bond acceptors (Lipinski definition) is 2. The average molecular weight is 368 g/mol. The van der Waals surface area contributed by atoms with Crippen molar-refractivity contribution >= 4 is 11.8 Å². The fourth-order valence-electron chi connectivity index (χ4n) is 3.54. The highest BCUT2D eigenvalue weighted by Crippen LogP contribution is 2.39. The van der Waals surface area contributed by atoms with Crippen LogP contribution in [0.2, 0.25) is 0 Å². The minimum absolute atomic E-state index is 0.0231. The Kier molecular flexibility index (Phi) is 4.99. The van der Waals surface area contributed by atoms with Gasteiger partial charge in [0, 0.05) is 38.5 Å². The molecule has 0 radical (unpaired) electrons. The molecular weight excluding hydrogens is 345 g/mol. The number of alkyl halides is 3. The number of nitrogens with zero attached hydrogens (tertiary/aromatic N) is 2. The Bertz CT molecular complexity index is 700. The van der Waals surface area contributed by atoms with Crippen LogP contribution < -0.4 is 0 Å². The summed E-state index contributed by atoms with van der Waals surface area (Å²) in [5.74, 6) is -1.00. The van der Waals surface area contributed by atoms with Crippen LogP contribution in [0.4, 0.5) is 13.2 Å². The molecule has 2 aliphatic rings. The van der Waals surface area contributed by atoms with Crippen molar-refractivity contribution in [1.82, 2.24) is 9.80 Å². The summed E-state index contributed by atoms with van der Waals surface area (Å²) in [6.45, 7) is 2.94. The van der Waals surface area contributed by atoms with E-state index in [1.165, 1.54) is 6.07 Å². The molecular formula is C19H23F3N2O2. The van der Waals surface area contributed by atoms with E-state index in [-0.39, 0.29) is 24.3 Å². The Morgan fingerprint density at radius 2 is 1.92 bits per heavy atom. The fraction of sp³-hybridized carbons (Fsp3) is 0.579. The van der Waals surface area contributed by atoms with Crippen LogP contribution in [0.15, 0.2) is 24.3 Å². The summed E-state index contributed by atoms with van der Waals surface area (Å²) in [4.78, 5) is 28.4. The SMILES string of the molecule is CCN(C)C(=O)[C@@H]1CN(C(=O)C2CC2)C[C@@H]1c1cccc(C(F)(F)F)c1. The number of amides is 2. The summed E-state index contributed by atoms with van der Waals surface area (Å²) in [7, 11) is 1.68. The summed E-state index contributed by atoms with van der Waals surface area (Å²) in [5.41, 5.74) is -0.259. The average Bonchev–Trinajstić information content (AvgIpc) is 3.37. The second-order valence-electron chi connectivity index (χ2n) is 7.21. The van der Waals surface area contributed by atoms with Gasteiger partial charge in [-0.05, 0) is 31.4 Å². The van der Waals surface area contributed by atoms with E-state index >= 15 is 0 Å². The largest absolute Gasteiger partial charge is 0.416 e. The van der Waals surface area contributed by atoms with Crippen LogP contribution in [0.25, 0.3) is 0 Å². The molecule has 1 aromatic carbocycles. The van der Waals surface area contributed by atoms with Crippen molar-refractivity contribution in [3.63, 3.8) is 0 Å². The minimum Gasteiger partial charge on any atom is -0.346 e. The number of benzene rings is 1. The Balaban J connectivity index is 1.90. The third kappa shape index (κ3) is 3.71. The predicted molar refractivity (Wildman–Crippen MR) is 90.3 cm³/mol. The predicted octanol–water partition coefficient (Wildman–Crippen LogP) is 3.14. The van der Waals surface area contributed by atoms with Gasteiger partial charge >= 0.3 is 6.18 Å². The molecule has 1 aliphatic heterocycles. The molecule has 26 heavy (non-hydrogen) atoms. The van der Waals surface area contributed by atoms with Gasteiger partial charge in [-0.3, -0.25) is 9.59 Å². The van der Waals surface area contributed by atoms with E-state index in [0.717, 1.165) is 25.0 Å². The molecule has 2 fully saturated rings. The molecule has 7 heteroatoms. The first-order valence-electron chi connectivity index (χ1n) is 8.93. The van der Waals surface area contributed by atoms with Gasteiger partial charge < -0.3 is 9.80 Å². The Morgan fingerprint density at radius 3 is 2.50 bits per heavy atom. The third-order valence-corrected chi connectivity index (χ3v) is 5.37. The molecule has 0 aromatic heterocycles. The molecule has 2 amide bonds. The van der Waals surface area contributed by atoms with Gasteiger partial charge in [-0.15, -0.1) is 0 Å². The molecule has 1 aliphatic carbocycles. The number of halogens is 3. The van der Waals surface area contributed by atoms with Gasteiger partial charge in [0.1, 0.15) is 0 Å². The monoisotopic (exact) mass is 368 g/mol. The van der Waals surface area contributed by atoms with Gasteiger partial charge in [0.15, 0.2) is 0 Å². The topological polar surface area (TPSA) is 40.6 Å². The standard InChI is InChI=1S/C19H23F3N2O2/c1-3-23(2)18(26)16-11-24(17(25)12-7-8-12)10-15(16)13-5-4-6-14(9-13)19(20,21)22/h4-6,9,12,15-16H,3,7-8,10-11H2,1-2H3/t15-,16-/m1/s1. The summed E-state index contributed by atoms with van der Waals surface area (Å²) < 4.78 is 39.2. The first-order valence-corrected chi connectivity index (χ1v) is 8.93. The highest BCUT2D eigenvalue weighted by molar-refractivity contribution is 5.85. The van der Waals surface area contributed by atoms with E-state index in [2.05, 4.69) is 0 Å². The van der Waals surface area contributed by atoms with E-state index in [9.17, 15) is 22.8 Å². The van der Waals surface area contributed by atoms with Gasteiger partial charge in [0.25, 0.3) is 0 Å². The normalized spacial score (nSPS) is 23.2. The van der Waals surface area contributed by atoms with Crippen LogP contribution in [0.3, 0.4) is 0 Å². The van der Waals surface area contributed by atoms with Crippen molar-refractivity contribution in [1.29, 1.82) is 0 Å². The summed E-state index contributed by atoms with van der Waals surface area (Å²) in [6.07, 6.45) is -2.72. The summed E-state index contributed by atoms with van der Waals surface area (Å²) in [5, 5.41) is 0. The maximum atomic E-state index is 13.1. The van der Waals surface area contributed by atoms with Gasteiger partial charge in [0.2, 0.25) is 11.8 Å². The first-order chi connectivity index (χ1) is 12.2.